The molecule has 0 heterocycles. The Hall–Kier alpha value is -1.20. The van der Waals surface area contributed by atoms with Gasteiger partial charge in [-0.1, -0.05) is 6.07 Å². The molecule has 0 spiro atoms. The Morgan fingerprint density at radius 2 is 2.15 bits per heavy atom. The Morgan fingerprint density at radius 3 is 2.62 bits per heavy atom. The Kier molecular flexibility index (Phi) is 3.16. The third-order valence-electron chi connectivity index (χ3n) is 1.65. The fourth-order valence-corrected chi connectivity index (χ4v) is 1.04. The molecule has 0 aromatic heterocycles. The SMILES string of the molecule is CCOc1ccc(B(O)O)c(N)c1. The molecule has 4 N–H and O–H groups in total. The van der Waals surface area contributed by atoms with Crippen LogP contribution in [0.15, 0.2) is 18.2 Å². The van der Waals surface area contributed by atoms with E-state index < -0.39 is 7.12 Å². The molecule has 1 aromatic rings. The highest BCUT2D eigenvalue weighted by molar-refractivity contribution is 6.60. The second-order valence-electron chi connectivity index (χ2n) is 2.60. The summed E-state index contributed by atoms with van der Waals surface area (Å²) in [6.07, 6.45) is 0. The van der Waals surface area contributed by atoms with Crippen molar-refractivity contribution in [2.75, 3.05) is 12.3 Å². The normalized spacial score (nSPS) is 9.77. The van der Waals surface area contributed by atoms with Crippen LogP contribution in [-0.2, 0) is 0 Å². The van der Waals surface area contributed by atoms with E-state index in [9.17, 15) is 0 Å². The van der Waals surface area contributed by atoms with Gasteiger partial charge in [-0.05, 0) is 13.0 Å². The molecule has 0 atom stereocenters. The topological polar surface area (TPSA) is 75.7 Å². The molecule has 0 fully saturated rings. The first-order valence-corrected chi connectivity index (χ1v) is 4.03. The van der Waals surface area contributed by atoms with Gasteiger partial charge in [-0.15, -0.1) is 0 Å². The maximum Gasteiger partial charge on any atom is 0.490 e. The first-order valence-electron chi connectivity index (χ1n) is 4.03. The van der Waals surface area contributed by atoms with E-state index >= 15 is 0 Å². The van der Waals surface area contributed by atoms with Gasteiger partial charge in [0.05, 0.1) is 6.61 Å². The van der Waals surface area contributed by atoms with Crippen LogP contribution in [0.5, 0.6) is 5.75 Å². The number of nitrogens with two attached hydrogens (primary N) is 1. The van der Waals surface area contributed by atoms with Crippen molar-refractivity contribution in [1.82, 2.24) is 0 Å². The predicted molar refractivity (Wildman–Crippen MR) is 51.8 cm³/mol. The van der Waals surface area contributed by atoms with Gasteiger partial charge in [0, 0.05) is 17.2 Å². The Labute approximate surface area is 77.1 Å². The number of hydrogen-bond donors (Lipinski definition) is 3. The molecule has 1 rings (SSSR count). The maximum atomic E-state index is 8.86. The molecule has 1 aromatic carbocycles. The van der Waals surface area contributed by atoms with Crippen LogP contribution < -0.4 is 15.9 Å². The average molecular weight is 181 g/mol. The van der Waals surface area contributed by atoms with Gasteiger partial charge in [0.1, 0.15) is 5.75 Å². The second-order valence-corrected chi connectivity index (χ2v) is 2.60. The number of anilines is 1. The monoisotopic (exact) mass is 181 g/mol. The van der Waals surface area contributed by atoms with Gasteiger partial charge in [-0.2, -0.15) is 0 Å². The van der Waals surface area contributed by atoms with E-state index in [2.05, 4.69) is 0 Å². The summed E-state index contributed by atoms with van der Waals surface area (Å²) in [5.41, 5.74) is 6.17. The first kappa shape index (κ1) is 9.89. The summed E-state index contributed by atoms with van der Waals surface area (Å²) < 4.78 is 5.18. The smallest absolute Gasteiger partial charge is 0.490 e. The lowest BCUT2D eigenvalue weighted by molar-refractivity contribution is 0.340. The first-order chi connectivity index (χ1) is 6.15. The van der Waals surface area contributed by atoms with E-state index in [-0.39, 0.29) is 0 Å². The van der Waals surface area contributed by atoms with E-state index in [0.717, 1.165) is 0 Å². The van der Waals surface area contributed by atoms with Crippen molar-refractivity contribution in [2.45, 2.75) is 6.92 Å². The zero-order valence-electron chi connectivity index (χ0n) is 7.40. The molecular weight excluding hydrogens is 169 g/mol. The molecule has 0 aliphatic heterocycles. The number of ether oxygens (including phenoxy) is 1. The zero-order valence-corrected chi connectivity index (χ0v) is 7.40. The summed E-state index contributed by atoms with van der Waals surface area (Å²) in [4.78, 5) is 0. The van der Waals surface area contributed by atoms with E-state index in [1.807, 2.05) is 6.92 Å². The molecule has 70 valence electrons. The largest absolute Gasteiger partial charge is 0.494 e. The van der Waals surface area contributed by atoms with Crippen LogP contribution >= 0.6 is 0 Å². The van der Waals surface area contributed by atoms with Gasteiger partial charge in [-0.25, -0.2) is 0 Å². The molecule has 0 unspecified atom stereocenters. The van der Waals surface area contributed by atoms with Gasteiger partial charge in [-0.3, -0.25) is 0 Å². The molecule has 0 radical (unpaired) electrons. The van der Waals surface area contributed by atoms with Gasteiger partial charge in [0.25, 0.3) is 0 Å². The lowest BCUT2D eigenvalue weighted by Crippen LogP contribution is -2.32. The van der Waals surface area contributed by atoms with Crippen LogP contribution in [0.4, 0.5) is 5.69 Å². The summed E-state index contributed by atoms with van der Waals surface area (Å²) in [5.74, 6) is 0.629. The fourth-order valence-electron chi connectivity index (χ4n) is 1.04. The summed E-state index contributed by atoms with van der Waals surface area (Å²) >= 11 is 0. The second kappa shape index (κ2) is 4.16. The highest BCUT2D eigenvalue weighted by Crippen LogP contribution is 2.13. The third-order valence-corrected chi connectivity index (χ3v) is 1.65. The summed E-state index contributed by atoms with van der Waals surface area (Å²) in [7, 11) is -1.53. The third kappa shape index (κ3) is 2.37. The van der Waals surface area contributed by atoms with Crippen molar-refractivity contribution in [3.05, 3.63) is 18.2 Å². The number of benzene rings is 1. The quantitative estimate of drug-likeness (QED) is 0.427. The van der Waals surface area contributed by atoms with Crippen molar-refractivity contribution in [3.63, 3.8) is 0 Å². The highest BCUT2D eigenvalue weighted by atomic mass is 16.5. The van der Waals surface area contributed by atoms with E-state index in [1.165, 1.54) is 6.07 Å². The van der Waals surface area contributed by atoms with Crippen molar-refractivity contribution in [3.8, 4) is 5.75 Å². The van der Waals surface area contributed by atoms with Crippen LogP contribution in [-0.4, -0.2) is 23.8 Å². The summed E-state index contributed by atoms with van der Waals surface area (Å²) in [6.45, 7) is 2.42. The predicted octanol–water partition coefficient (Wildman–Crippen LogP) is -0.653. The molecule has 4 nitrogen and oxygen atoms in total. The molecule has 0 amide bonds. The van der Waals surface area contributed by atoms with E-state index in [1.54, 1.807) is 12.1 Å². The Bertz CT molecular complexity index is 291. The minimum absolute atomic E-state index is 0.295. The minimum Gasteiger partial charge on any atom is -0.494 e. The zero-order chi connectivity index (χ0) is 9.84. The van der Waals surface area contributed by atoms with E-state index in [4.69, 9.17) is 20.5 Å². The molecule has 5 heteroatoms. The molecule has 0 aliphatic carbocycles. The van der Waals surface area contributed by atoms with Crippen molar-refractivity contribution < 1.29 is 14.8 Å². The lowest BCUT2D eigenvalue weighted by atomic mass is 9.79. The maximum absolute atomic E-state index is 8.86. The van der Waals surface area contributed by atoms with Crippen LogP contribution in [0, 0.1) is 0 Å². The van der Waals surface area contributed by atoms with Crippen LogP contribution in [0.1, 0.15) is 6.92 Å². The molecule has 0 aliphatic rings. The highest BCUT2D eigenvalue weighted by Gasteiger charge is 2.14. The van der Waals surface area contributed by atoms with Crippen LogP contribution in [0.25, 0.3) is 0 Å². The van der Waals surface area contributed by atoms with Gasteiger partial charge in [0.2, 0.25) is 0 Å². The molecule has 0 bridgehead atoms. The fraction of sp³-hybridized carbons (Fsp3) is 0.250. The van der Waals surface area contributed by atoms with Gasteiger partial charge in [0.15, 0.2) is 0 Å². The standard InChI is InChI=1S/C8H12BNO3/c1-2-13-6-3-4-7(9(11)12)8(10)5-6/h3-5,11-12H,2,10H2,1H3. The van der Waals surface area contributed by atoms with Gasteiger partial charge < -0.3 is 20.5 Å². The molecule has 0 saturated carbocycles. The number of nitrogen functional groups attached to an aromatic ring is 1. The van der Waals surface area contributed by atoms with Crippen molar-refractivity contribution in [2.24, 2.45) is 0 Å². The van der Waals surface area contributed by atoms with Crippen LogP contribution in [0.2, 0.25) is 0 Å². The number of rotatable bonds is 3. The minimum atomic E-state index is -1.53. The van der Waals surface area contributed by atoms with Crippen molar-refractivity contribution in [1.29, 1.82) is 0 Å². The molecular formula is C8H12BNO3. The van der Waals surface area contributed by atoms with Gasteiger partial charge >= 0.3 is 7.12 Å². The Balaban J connectivity index is 2.92. The van der Waals surface area contributed by atoms with Crippen molar-refractivity contribution >= 4 is 18.3 Å². The van der Waals surface area contributed by atoms with Crippen LogP contribution in [0.3, 0.4) is 0 Å². The summed E-state index contributed by atoms with van der Waals surface area (Å²) in [6, 6.07) is 4.75. The van der Waals surface area contributed by atoms with E-state index in [0.29, 0.717) is 23.5 Å². The lowest BCUT2D eigenvalue weighted by Gasteiger charge is -2.07. The average Bonchev–Trinajstić information content (AvgIpc) is 2.04. The number of hydrogen-bond acceptors (Lipinski definition) is 4. The summed E-state index contributed by atoms with van der Waals surface area (Å²) in [5, 5.41) is 17.7. The molecule has 13 heavy (non-hydrogen) atoms. The molecule has 0 saturated heterocycles. The Morgan fingerprint density at radius 1 is 1.46 bits per heavy atom.